The van der Waals surface area contributed by atoms with Crippen LogP contribution < -0.4 is 0 Å². The van der Waals surface area contributed by atoms with E-state index in [0.717, 1.165) is 5.57 Å². The van der Waals surface area contributed by atoms with Gasteiger partial charge in [0.25, 0.3) is 0 Å². The first-order valence-corrected chi connectivity index (χ1v) is 4.05. The predicted molar refractivity (Wildman–Crippen MR) is 49.5 cm³/mol. The lowest BCUT2D eigenvalue weighted by Gasteiger charge is -2.34. The molecule has 0 saturated heterocycles. The van der Waals surface area contributed by atoms with Crippen LogP contribution in [-0.4, -0.2) is 10.7 Å². The first-order valence-electron chi connectivity index (χ1n) is 4.05. The summed E-state index contributed by atoms with van der Waals surface area (Å²) in [5.41, 5.74) is 0.362. The average Bonchev–Trinajstić information content (AvgIpc) is 1.56. The molecule has 0 bridgehead atoms. The Morgan fingerprint density at radius 1 is 1.09 bits per heavy atom. The van der Waals surface area contributed by atoms with Gasteiger partial charge in [0.2, 0.25) is 0 Å². The largest absolute Gasteiger partial charge is 0.386 e. The van der Waals surface area contributed by atoms with Crippen molar-refractivity contribution < 1.29 is 5.11 Å². The lowest BCUT2D eigenvalue weighted by molar-refractivity contribution is 0.00297. The van der Waals surface area contributed by atoms with Gasteiger partial charge in [0.05, 0.1) is 5.60 Å². The zero-order chi connectivity index (χ0) is 9.28. The summed E-state index contributed by atoms with van der Waals surface area (Å²) in [5.74, 6) is 0. The molecule has 0 aromatic carbocycles. The quantitative estimate of drug-likeness (QED) is 0.579. The SMILES string of the molecule is CC(C)=CC(C)(O)C(C)(C)C. The molecule has 0 aliphatic heterocycles. The van der Waals surface area contributed by atoms with Crippen molar-refractivity contribution in [3.63, 3.8) is 0 Å². The Morgan fingerprint density at radius 2 is 1.45 bits per heavy atom. The van der Waals surface area contributed by atoms with E-state index in [4.69, 9.17) is 0 Å². The van der Waals surface area contributed by atoms with Crippen molar-refractivity contribution in [1.82, 2.24) is 0 Å². The van der Waals surface area contributed by atoms with E-state index in [2.05, 4.69) is 0 Å². The van der Waals surface area contributed by atoms with Gasteiger partial charge in [0.15, 0.2) is 0 Å². The van der Waals surface area contributed by atoms with Crippen LogP contribution in [0.3, 0.4) is 0 Å². The summed E-state index contributed by atoms with van der Waals surface area (Å²) in [5, 5.41) is 9.94. The summed E-state index contributed by atoms with van der Waals surface area (Å²) in [6.45, 7) is 12.0. The molecule has 0 radical (unpaired) electrons. The maximum Gasteiger partial charge on any atom is 0.0850 e. The molecule has 0 heterocycles. The highest BCUT2D eigenvalue weighted by Crippen LogP contribution is 2.31. The summed E-state index contributed by atoms with van der Waals surface area (Å²) >= 11 is 0. The van der Waals surface area contributed by atoms with Gasteiger partial charge in [-0.25, -0.2) is 0 Å². The van der Waals surface area contributed by atoms with Gasteiger partial charge in [-0.1, -0.05) is 32.4 Å². The van der Waals surface area contributed by atoms with Crippen LogP contribution in [0.25, 0.3) is 0 Å². The van der Waals surface area contributed by atoms with Gasteiger partial charge in [-0.15, -0.1) is 0 Å². The van der Waals surface area contributed by atoms with Crippen LogP contribution in [0.1, 0.15) is 41.5 Å². The summed E-state index contributed by atoms with van der Waals surface area (Å²) in [6, 6.07) is 0. The average molecular weight is 156 g/mol. The highest BCUT2D eigenvalue weighted by molar-refractivity contribution is 5.09. The van der Waals surface area contributed by atoms with Gasteiger partial charge in [0, 0.05) is 0 Å². The van der Waals surface area contributed by atoms with Crippen LogP contribution >= 0.6 is 0 Å². The van der Waals surface area contributed by atoms with E-state index in [0.29, 0.717) is 0 Å². The molecule has 0 rings (SSSR count). The Kier molecular flexibility index (Phi) is 2.90. The van der Waals surface area contributed by atoms with Crippen LogP contribution in [0, 0.1) is 5.41 Å². The van der Waals surface area contributed by atoms with Crippen LogP contribution in [0.5, 0.6) is 0 Å². The number of hydrogen-bond donors (Lipinski definition) is 1. The van der Waals surface area contributed by atoms with Gasteiger partial charge < -0.3 is 5.11 Å². The fraction of sp³-hybridized carbons (Fsp3) is 0.800. The third-order valence-electron chi connectivity index (χ3n) is 2.09. The van der Waals surface area contributed by atoms with Crippen molar-refractivity contribution in [2.75, 3.05) is 0 Å². The molecule has 0 fully saturated rings. The smallest absolute Gasteiger partial charge is 0.0850 e. The van der Waals surface area contributed by atoms with Crippen molar-refractivity contribution in [2.45, 2.75) is 47.1 Å². The lowest BCUT2D eigenvalue weighted by atomic mass is 9.77. The number of rotatable bonds is 1. The molecule has 1 unspecified atom stereocenters. The van der Waals surface area contributed by atoms with E-state index in [-0.39, 0.29) is 5.41 Å². The Labute approximate surface area is 70.1 Å². The number of hydrogen-bond acceptors (Lipinski definition) is 1. The Hall–Kier alpha value is -0.300. The fourth-order valence-electron chi connectivity index (χ4n) is 0.779. The first kappa shape index (κ1) is 10.7. The van der Waals surface area contributed by atoms with Crippen LogP contribution in [-0.2, 0) is 0 Å². The van der Waals surface area contributed by atoms with E-state index in [1.165, 1.54) is 0 Å². The molecular formula is C10H20O. The molecule has 0 aliphatic carbocycles. The van der Waals surface area contributed by atoms with E-state index in [1.807, 2.05) is 47.6 Å². The van der Waals surface area contributed by atoms with Crippen molar-refractivity contribution >= 4 is 0 Å². The molecule has 1 nitrogen and oxygen atoms in total. The van der Waals surface area contributed by atoms with Crippen molar-refractivity contribution in [2.24, 2.45) is 5.41 Å². The van der Waals surface area contributed by atoms with E-state index < -0.39 is 5.60 Å². The second kappa shape index (κ2) is 2.98. The highest BCUT2D eigenvalue weighted by atomic mass is 16.3. The maximum atomic E-state index is 9.94. The summed E-state index contributed by atoms with van der Waals surface area (Å²) in [4.78, 5) is 0. The van der Waals surface area contributed by atoms with Gasteiger partial charge in [0.1, 0.15) is 0 Å². The van der Waals surface area contributed by atoms with Crippen LogP contribution in [0.15, 0.2) is 11.6 Å². The van der Waals surface area contributed by atoms with E-state index in [9.17, 15) is 5.11 Å². The Bertz CT molecular complexity index is 154. The molecule has 1 heteroatoms. The van der Waals surface area contributed by atoms with Gasteiger partial charge in [-0.3, -0.25) is 0 Å². The van der Waals surface area contributed by atoms with Crippen molar-refractivity contribution in [1.29, 1.82) is 0 Å². The third-order valence-corrected chi connectivity index (χ3v) is 2.09. The minimum Gasteiger partial charge on any atom is -0.386 e. The molecule has 0 amide bonds. The third kappa shape index (κ3) is 3.06. The minimum atomic E-state index is -0.703. The van der Waals surface area contributed by atoms with E-state index >= 15 is 0 Å². The van der Waals surface area contributed by atoms with Crippen LogP contribution in [0.2, 0.25) is 0 Å². The van der Waals surface area contributed by atoms with Gasteiger partial charge in [-0.05, 0) is 26.2 Å². The highest BCUT2D eigenvalue weighted by Gasteiger charge is 2.32. The second-order valence-electron chi connectivity index (χ2n) is 4.62. The zero-order valence-electron chi connectivity index (χ0n) is 8.52. The fourth-order valence-corrected chi connectivity index (χ4v) is 0.779. The molecule has 1 N–H and O–H groups in total. The topological polar surface area (TPSA) is 20.2 Å². The molecule has 0 aromatic heterocycles. The lowest BCUT2D eigenvalue weighted by Crippen LogP contribution is -2.37. The molecule has 0 aliphatic rings. The Morgan fingerprint density at radius 3 is 1.55 bits per heavy atom. The molecule has 1 atom stereocenters. The molecule has 66 valence electrons. The molecule has 11 heavy (non-hydrogen) atoms. The molecule has 0 saturated carbocycles. The van der Waals surface area contributed by atoms with E-state index in [1.54, 1.807) is 0 Å². The van der Waals surface area contributed by atoms with Crippen molar-refractivity contribution in [3.05, 3.63) is 11.6 Å². The maximum absolute atomic E-state index is 9.94. The molecule has 0 spiro atoms. The predicted octanol–water partition coefficient (Wildman–Crippen LogP) is 2.75. The summed E-state index contributed by atoms with van der Waals surface area (Å²) in [6.07, 6.45) is 1.91. The Balaban J connectivity index is 4.61. The summed E-state index contributed by atoms with van der Waals surface area (Å²) in [7, 11) is 0. The molecular weight excluding hydrogens is 136 g/mol. The van der Waals surface area contributed by atoms with Crippen LogP contribution in [0.4, 0.5) is 0 Å². The first-order chi connectivity index (χ1) is 4.67. The number of allylic oxidation sites excluding steroid dienone is 1. The van der Waals surface area contributed by atoms with Gasteiger partial charge >= 0.3 is 0 Å². The second-order valence-corrected chi connectivity index (χ2v) is 4.62. The monoisotopic (exact) mass is 156 g/mol. The van der Waals surface area contributed by atoms with Crippen molar-refractivity contribution in [3.8, 4) is 0 Å². The molecule has 0 aromatic rings. The normalized spacial score (nSPS) is 17.4. The summed E-state index contributed by atoms with van der Waals surface area (Å²) < 4.78 is 0. The zero-order valence-corrected chi connectivity index (χ0v) is 8.52. The standard InChI is InChI=1S/C10H20O/c1-8(2)7-10(6,11)9(3,4)5/h7,11H,1-6H3. The number of aliphatic hydroxyl groups is 1. The van der Waals surface area contributed by atoms with Gasteiger partial charge in [-0.2, -0.15) is 0 Å². The minimum absolute atomic E-state index is 0.0930.